The number of para-hydroxylation sites is 1. The Hall–Kier alpha value is -3.47. The van der Waals surface area contributed by atoms with Gasteiger partial charge in [0.1, 0.15) is 5.75 Å². The van der Waals surface area contributed by atoms with Gasteiger partial charge in [-0.2, -0.15) is 0 Å². The highest BCUT2D eigenvalue weighted by Gasteiger charge is 2.50. The SMILES string of the molecule is CN(C)c1ccc(C2(Oc3ccccc3)OC(=O)c3ccc(N(C)C)cc32)cc1. The van der Waals surface area contributed by atoms with Crippen LogP contribution in [0.5, 0.6) is 5.75 Å². The summed E-state index contributed by atoms with van der Waals surface area (Å²) in [5.74, 6) is -1.11. The number of cyclic esters (lactones) is 1. The Bertz CT molecular complexity index is 1030. The molecule has 0 aliphatic carbocycles. The largest absolute Gasteiger partial charge is 0.444 e. The lowest BCUT2D eigenvalue weighted by atomic mass is 9.94. The topological polar surface area (TPSA) is 42.0 Å². The Morgan fingerprint density at radius 1 is 0.793 bits per heavy atom. The fourth-order valence-corrected chi connectivity index (χ4v) is 3.48. The highest BCUT2D eigenvalue weighted by atomic mass is 16.7. The molecule has 0 saturated heterocycles. The van der Waals surface area contributed by atoms with Gasteiger partial charge in [-0.15, -0.1) is 0 Å². The normalized spacial score (nSPS) is 17.4. The van der Waals surface area contributed by atoms with Crippen LogP contribution in [0, 0.1) is 0 Å². The maximum atomic E-state index is 12.8. The molecular weight excluding hydrogens is 364 g/mol. The Labute approximate surface area is 171 Å². The molecule has 0 bridgehead atoms. The molecule has 0 radical (unpaired) electrons. The van der Waals surface area contributed by atoms with Gasteiger partial charge in [0.05, 0.1) is 11.1 Å². The second-order valence-corrected chi connectivity index (χ2v) is 7.49. The van der Waals surface area contributed by atoms with E-state index in [4.69, 9.17) is 9.47 Å². The van der Waals surface area contributed by atoms with Gasteiger partial charge in [-0.05, 0) is 54.6 Å². The van der Waals surface area contributed by atoms with Crippen LogP contribution < -0.4 is 14.5 Å². The summed E-state index contributed by atoms with van der Waals surface area (Å²) in [5.41, 5.74) is 4.00. The molecule has 1 atom stereocenters. The zero-order valence-corrected chi connectivity index (χ0v) is 17.0. The first-order valence-electron chi connectivity index (χ1n) is 9.48. The predicted octanol–water partition coefficient (Wildman–Crippen LogP) is 4.27. The van der Waals surface area contributed by atoms with E-state index in [9.17, 15) is 4.79 Å². The Morgan fingerprint density at radius 3 is 2.03 bits per heavy atom. The van der Waals surface area contributed by atoms with Crippen LogP contribution in [0.3, 0.4) is 0 Å². The quantitative estimate of drug-likeness (QED) is 0.611. The molecule has 0 saturated carbocycles. The van der Waals surface area contributed by atoms with Gasteiger partial charge in [0.25, 0.3) is 0 Å². The van der Waals surface area contributed by atoms with Crippen molar-refractivity contribution >= 4 is 17.3 Å². The Morgan fingerprint density at radius 2 is 1.41 bits per heavy atom. The minimum absolute atomic E-state index is 0.391. The van der Waals surface area contributed by atoms with Gasteiger partial charge in [-0.1, -0.05) is 18.2 Å². The van der Waals surface area contributed by atoms with E-state index < -0.39 is 11.8 Å². The number of esters is 1. The molecule has 0 spiro atoms. The molecule has 0 N–H and O–H groups in total. The van der Waals surface area contributed by atoms with Crippen LogP contribution >= 0.6 is 0 Å². The Kier molecular flexibility index (Phi) is 4.66. The van der Waals surface area contributed by atoms with Crippen molar-refractivity contribution in [3.8, 4) is 5.75 Å². The van der Waals surface area contributed by atoms with Crippen LogP contribution in [0.15, 0.2) is 72.8 Å². The molecule has 3 aromatic rings. The lowest BCUT2D eigenvalue weighted by Gasteiger charge is -2.31. The standard InChI is InChI=1S/C24H24N2O3/c1-25(2)18-12-10-17(11-13-18)24(28-20-8-6-5-7-9-20)22-16-19(26(3)4)14-15-21(22)23(27)29-24/h5-16H,1-4H3. The summed E-state index contributed by atoms with van der Waals surface area (Å²) in [4.78, 5) is 16.8. The number of benzene rings is 3. The molecule has 1 aliphatic heterocycles. The van der Waals surface area contributed by atoms with Crippen molar-refractivity contribution in [1.29, 1.82) is 0 Å². The second kappa shape index (κ2) is 7.17. The van der Waals surface area contributed by atoms with E-state index >= 15 is 0 Å². The van der Waals surface area contributed by atoms with Crippen LogP contribution in [0.1, 0.15) is 21.5 Å². The van der Waals surface area contributed by atoms with Gasteiger partial charge >= 0.3 is 11.8 Å². The van der Waals surface area contributed by atoms with Crippen LogP contribution in [0.25, 0.3) is 0 Å². The summed E-state index contributed by atoms with van der Waals surface area (Å²) in [6, 6.07) is 23.0. The monoisotopic (exact) mass is 388 g/mol. The highest BCUT2D eigenvalue weighted by molar-refractivity contribution is 5.96. The zero-order chi connectivity index (χ0) is 20.6. The summed E-state index contributed by atoms with van der Waals surface area (Å²) in [7, 11) is 7.90. The van der Waals surface area contributed by atoms with Crippen LogP contribution in [-0.2, 0) is 10.5 Å². The van der Waals surface area contributed by atoms with Gasteiger partial charge < -0.3 is 19.3 Å². The molecule has 29 heavy (non-hydrogen) atoms. The smallest absolute Gasteiger partial charge is 0.342 e. The van der Waals surface area contributed by atoms with E-state index in [0.29, 0.717) is 16.9 Å². The number of hydrogen-bond donors (Lipinski definition) is 0. The number of hydrogen-bond acceptors (Lipinski definition) is 5. The van der Waals surface area contributed by atoms with Crippen molar-refractivity contribution in [2.24, 2.45) is 0 Å². The molecule has 0 aromatic heterocycles. The number of ether oxygens (including phenoxy) is 2. The van der Waals surface area contributed by atoms with Crippen LogP contribution in [0.4, 0.5) is 11.4 Å². The minimum Gasteiger partial charge on any atom is -0.444 e. The second-order valence-electron chi connectivity index (χ2n) is 7.49. The van der Waals surface area contributed by atoms with Gasteiger partial charge in [-0.25, -0.2) is 4.79 Å². The lowest BCUT2D eigenvalue weighted by Crippen LogP contribution is -2.35. The molecule has 1 unspecified atom stereocenters. The summed E-state index contributed by atoms with van der Waals surface area (Å²) >= 11 is 0. The predicted molar refractivity (Wildman–Crippen MR) is 115 cm³/mol. The van der Waals surface area contributed by atoms with Crippen molar-refractivity contribution < 1.29 is 14.3 Å². The third-order valence-corrected chi connectivity index (χ3v) is 5.10. The lowest BCUT2D eigenvalue weighted by molar-refractivity contribution is -0.108. The fourth-order valence-electron chi connectivity index (χ4n) is 3.48. The number of carbonyl (C=O) groups excluding carboxylic acids is 1. The van der Waals surface area contributed by atoms with E-state index in [0.717, 1.165) is 16.9 Å². The van der Waals surface area contributed by atoms with E-state index in [1.807, 2.05) is 105 Å². The first-order chi connectivity index (χ1) is 13.9. The fraction of sp³-hybridized carbons (Fsp3) is 0.208. The number of carbonyl (C=O) groups is 1. The average molecular weight is 388 g/mol. The molecule has 4 rings (SSSR count). The van der Waals surface area contributed by atoms with Crippen molar-refractivity contribution in [3.63, 3.8) is 0 Å². The molecule has 5 heteroatoms. The first kappa shape index (κ1) is 18.9. The van der Waals surface area contributed by atoms with Crippen molar-refractivity contribution in [1.82, 2.24) is 0 Å². The molecular formula is C24H24N2O3. The third kappa shape index (κ3) is 3.29. The van der Waals surface area contributed by atoms with Crippen LogP contribution in [-0.4, -0.2) is 34.2 Å². The molecule has 1 heterocycles. The summed E-state index contributed by atoms with van der Waals surface area (Å²) in [6.45, 7) is 0. The zero-order valence-electron chi connectivity index (χ0n) is 17.0. The molecule has 0 amide bonds. The number of rotatable bonds is 5. The summed E-state index contributed by atoms with van der Waals surface area (Å²) in [5, 5.41) is 0. The van der Waals surface area contributed by atoms with E-state index in [1.165, 1.54) is 0 Å². The van der Waals surface area contributed by atoms with Gasteiger partial charge in [0.15, 0.2) is 0 Å². The molecule has 3 aromatic carbocycles. The average Bonchev–Trinajstić information content (AvgIpc) is 3.01. The van der Waals surface area contributed by atoms with E-state index in [-0.39, 0.29) is 0 Å². The summed E-state index contributed by atoms with van der Waals surface area (Å²) < 4.78 is 12.4. The van der Waals surface area contributed by atoms with Gasteiger partial charge in [-0.3, -0.25) is 0 Å². The number of nitrogens with zero attached hydrogens (tertiary/aromatic N) is 2. The van der Waals surface area contributed by atoms with Gasteiger partial charge in [0.2, 0.25) is 0 Å². The van der Waals surface area contributed by atoms with E-state index in [2.05, 4.69) is 0 Å². The van der Waals surface area contributed by atoms with Gasteiger partial charge in [0, 0.05) is 45.1 Å². The van der Waals surface area contributed by atoms with Crippen molar-refractivity contribution in [2.75, 3.05) is 38.0 Å². The molecule has 148 valence electrons. The van der Waals surface area contributed by atoms with Crippen LogP contribution in [0.2, 0.25) is 0 Å². The molecule has 1 aliphatic rings. The Balaban J connectivity index is 1.91. The minimum atomic E-state index is -1.34. The van der Waals surface area contributed by atoms with Crippen molar-refractivity contribution in [2.45, 2.75) is 5.79 Å². The molecule has 0 fully saturated rings. The number of anilines is 2. The van der Waals surface area contributed by atoms with Crippen molar-refractivity contribution in [3.05, 3.63) is 89.5 Å². The van der Waals surface area contributed by atoms with E-state index in [1.54, 1.807) is 6.07 Å². The number of fused-ring (bicyclic) bond motifs is 1. The summed E-state index contributed by atoms with van der Waals surface area (Å²) in [6.07, 6.45) is 0. The maximum absolute atomic E-state index is 12.8. The molecule has 5 nitrogen and oxygen atoms in total. The third-order valence-electron chi connectivity index (χ3n) is 5.10. The highest BCUT2D eigenvalue weighted by Crippen LogP contribution is 2.45. The first-order valence-corrected chi connectivity index (χ1v) is 9.48. The maximum Gasteiger partial charge on any atom is 0.342 e.